The van der Waals surface area contributed by atoms with Crippen LogP contribution in [0.25, 0.3) is 0 Å². The van der Waals surface area contributed by atoms with Crippen LogP contribution in [0.2, 0.25) is 0 Å². The Labute approximate surface area is 98.0 Å². The average molecular weight is 223 g/mol. The van der Waals surface area contributed by atoms with Crippen LogP contribution < -0.4 is 4.90 Å². The normalized spacial score (nSPS) is 10.4. The van der Waals surface area contributed by atoms with Gasteiger partial charge in [0.25, 0.3) is 0 Å². The van der Waals surface area contributed by atoms with Crippen molar-refractivity contribution in [3.8, 4) is 0 Å². The minimum absolute atomic E-state index is 0.569. The summed E-state index contributed by atoms with van der Waals surface area (Å²) in [6.07, 6.45) is 0. The van der Waals surface area contributed by atoms with E-state index in [2.05, 4.69) is 36.1 Å². The number of hydrogen-bond acceptors (Lipinski definition) is 3. The van der Waals surface area contributed by atoms with Crippen LogP contribution in [0.5, 0.6) is 0 Å². The van der Waals surface area contributed by atoms with Gasteiger partial charge in [-0.05, 0) is 32.9 Å². The van der Waals surface area contributed by atoms with Crippen LogP contribution in [0.1, 0.15) is 19.4 Å². The summed E-state index contributed by atoms with van der Waals surface area (Å²) < 4.78 is 10.8. The van der Waals surface area contributed by atoms with Crippen molar-refractivity contribution in [3.05, 3.63) is 29.8 Å². The van der Waals surface area contributed by atoms with Gasteiger partial charge in [-0.2, -0.15) is 0 Å². The molecule has 0 aliphatic rings. The monoisotopic (exact) mass is 223 g/mol. The Kier molecular flexibility index (Phi) is 5.90. The molecule has 0 heterocycles. The summed E-state index contributed by atoms with van der Waals surface area (Å²) >= 11 is 0. The Morgan fingerprint density at radius 1 is 0.938 bits per heavy atom. The number of anilines is 1. The molecule has 1 aromatic rings. The molecule has 0 amide bonds. The fourth-order valence-electron chi connectivity index (χ4n) is 1.34. The van der Waals surface area contributed by atoms with Gasteiger partial charge in [-0.3, -0.25) is 0 Å². The fraction of sp³-hybridized carbons (Fsp3) is 0.538. The first kappa shape index (κ1) is 13.0. The van der Waals surface area contributed by atoms with Crippen molar-refractivity contribution in [2.45, 2.75) is 20.8 Å². The Balaban J connectivity index is 2.62. The minimum Gasteiger partial charge on any atom is -0.361 e. The van der Waals surface area contributed by atoms with E-state index in [9.17, 15) is 0 Å². The Morgan fingerprint density at radius 2 is 1.44 bits per heavy atom. The molecule has 0 aliphatic carbocycles. The molecule has 0 N–H and O–H groups in total. The quantitative estimate of drug-likeness (QED) is 0.663. The topological polar surface area (TPSA) is 21.7 Å². The van der Waals surface area contributed by atoms with Crippen molar-refractivity contribution >= 4 is 5.69 Å². The van der Waals surface area contributed by atoms with Gasteiger partial charge in [0.1, 0.15) is 13.5 Å². The van der Waals surface area contributed by atoms with E-state index < -0.39 is 0 Å². The minimum atomic E-state index is 0.569. The van der Waals surface area contributed by atoms with Crippen LogP contribution in [-0.2, 0) is 9.47 Å². The van der Waals surface area contributed by atoms with Gasteiger partial charge < -0.3 is 14.4 Å². The molecule has 0 aliphatic heterocycles. The highest BCUT2D eigenvalue weighted by molar-refractivity contribution is 5.46. The van der Waals surface area contributed by atoms with Gasteiger partial charge in [0.05, 0.1) is 0 Å². The lowest BCUT2D eigenvalue weighted by Gasteiger charge is -2.24. The molecule has 0 atom stereocenters. The van der Waals surface area contributed by atoms with Crippen LogP contribution >= 0.6 is 0 Å². The molecule has 0 radical (unpaired) electrons. The van der Waals surface area contributed by atoms with E-state index in [1.54, 1.807) is 0 Å². The van der Waals surface area contributed by atoms with Crippen molar-refractivity contribution in [2.24, 2.45) is 0 Å². The van der Waals surface area contributed by atoms with Gasteiger partial charge in [0.2, 0.25) is 0 Å². The van der Waals surface area contributed by atoms with E-state index in [4.69, 9.17) is 9.47 Å². The maximum atomic E-state index is 5.42. The van der Waals surface area contributed by atoms with Gasteiger partial charge in [0, 0.05) is 18.9 Å². The van der Waals surface area contributed by atoms with Crippen molar-refractivity contribution in [2.75, 3.05) is 31.6 Å². The lowest BCUT2D eigenvalue weighted by Crippen LogP contribution is -2.29. The SMILES string of the molecule is CCOCN(COCC)c1ccc(C)cc1. The number of hydrogen-bond donors (Lipinski definition) is 0. The second-order valence-electron chi connectivity index (χ2n) is 3.62. The van der Waals surface area contributed by atoms with Crippen LogP contribution in [0, 0.1) is 6.92 Å². The summed E-state index contributed by atoms with van der Waals surface area (Å²) in [7, 11) is 0. The fourth-order valence-corrected chi connectivity index (χ4v) is 1.34. The highest BCUT2D eigenvalue weighted by Gasteiger charge is 2.05. The van der Waals surface area contributed by atoms with Crippen molar-refractivity contribution in [1.29, 1.82) is 0 Å². The smallest absolute Gasteiger partial charge is 0.120 e. The molecule has 90 valence electrons. The van der Waals surface area contributed by atoms with Crippen LogP contribution in [-0.4, -0.2) is 26.7 Å². The van der Waals surface area contributed by atoms with Gasteiger partial charge in [0.15, 0.2) is 0 Å². The zero-order valence-corrected chi connectivity index (χ0v) is 10.4. The summed E-state index contributed by atoms with van der Waals surface area (Å²) in [4.78, 5) is 2.08. The van der Waals surface area contributed by atoms with Gasteiger partial charge in [-0.15, -0.1) is 0 Å². The highest BCUT2D eigenvalue weighted by Crippen LogP contribution is 2.14. The van der Waals surface area contributed by atoms with E-state index in [-0.39, 0.29) is 0 Å². The number of ether oxygens (including phenoxy) is 2. The van der Waals surface area contributed by atoms with Crippen molar-refractivity contribution in [1.82, 2.24) is 0 Å². The molecule has 0 fully saturated rings. The van der Waals surface area contributed by atoms with Crippen LogP contribution in [0.15, 0.2) is 24.3 Å². The van der Waals surface area contributed by atoms with Crippen molar-refractivity contribution in [3.63, 3.8) is 0 Å². The van der Waals surface area contributed by atoms with Gasteiger partial charge in [-0.1, -0.05) is 17.7 Å². The summed E-state index contributed by atoms with van der Waals surface area (Å²) in [5.41, 5.74) is 2.39. The second kappa shape index (κ2) is 7.25. The Bertz CT molecular complexity index is 276. The van der Waals surface area contributed by atoms with Crippen LogP contribution in [0.4, 0.5) is 5.69 Å². The van der Waals surface area contributed by atoms with E-state index in [1.165, 1.54) is 5.56 Å². The standard InChI is InChI=1S/C13H21NO2/c1-4-15-10-14(11-16-5-2)13-8-6-12(3)7-9-13/h6-9H,4-5,10-11H2,1-3H3. The van der Waals surface area contributed by atoms with E-state index in [0.29, 0.717) is 26.7 Å². The zero-order valence-electron chi connectivity index (χ0n) is 10.4. The molecule has 0 unspecified atom stereocenters. The van der Waals surface area contributed by atoms with E-state index >= 15 is 0 Å². The molecule has 1 aromatic carbocycles. The predicted molar refractivity (Wildman–Crippen MR) is 66.6 cm³/mol. The summed E-state index contributed by atoms with van der Waals surface area (Å²) in [6.45, 7) is 8.64. The molecule has 0 saturated heterocycles. The lowest BCUT2D eigenvalue weighted by molar-refractivity contribution is 0.0960. The third-order valence-electron chi connectivity index (χ3n) is 2.30. The molecule has 1 rings (SSSR count). The first-order valence-corrected chi connectivity index (χ1v) is 5.75. The molecule has 0 bridgehead atoms. The molecule has 0 saturated carbocycles. The van der Waals surface area contributed by atoms with Crippen LogP contribution in [0.3, 0.4) is 0 Å². The maximum absolute atomic E-state index is 5.42. The molecule has 16 heavy (non-hydrogen) atoms. The summed E-state index contributed by atoms with van der Waals surface area (Å²) in [5.74, 6) is 0. The number of benzene rings is 1. The first-order valence-electron chi connectivity index (χ1n) is 5.75. The molecule has 3 heteroatoms. The lowest BCUT2D eigenvalue weighted by atomic mass is 10.2. The largest absolute Gasteiger partial charge is 0.361 e. The zero-order chi connectivity index (χ0) is 11.8. The highest BCUT2D eigenvalue weighted by atomic mass is 16.5. The summed E-state index contributed by atoms with van der Waals surface area (Å²) in [5, 5.41) is 0. The molecule has 0 spiro atoms. The number of nitrogens with zero attached hydrogens (tertiary/aromatic N) is 1. The molecule has 3 nitrogen and oxygen atoms in total. The second-order valence-corrected chi connectivity index (χ2v) is 3.62. The molecule has 0 aromatic heterocycles. The predicted octanol–water partition coefficient (Wildman–Crippen LogP) is 2.79. The Hall–Kier alpha value is -1.06. The average Bonchev–Trinajstić information content (AvgIpc) is 2.31. The Morgan fingerprint density at radius 3 is 1.88 bits per heavy atom. The van der Waals surface area contributed by atoms with E-state index in [1.807, 2.05) is 13.8 Å². The first-order chi connectivity index (χ1) is 7.77. The van der Waals surface area contributed by atoms with E-state index in [0.717, 1.165) is 5.69 Å². The summed E-state index contributed by atoms with van der Waals surface area (Å²) in [6, 6.07) is 8.38. The molecular formula is C13H21NO2. The third kappa shape index (κ3) is 4.21. The number of rotatable bonds is 7. The maximum Gasteiger partial charge on any atom is 0.120 e. The molecular weight excluding hydrogens is 202 g/mol. The van der Waals surface area contributed by atoms with Gasteiger partial charge in [-0.25, -0.2) is 0 Å². The third-order valence-corrected chi connectivity index (χ3v) is 2.30. The van der Waals surface area contributed by atoms with Crippen molar-refractivity contribution < 1.29 is 9.47 Å². The van der Waals surface area contributed by atoms with Gasteiger partial charge >= 0.3 is 0 Å². The number of aryl methyl sites for hydroxylation is 1.